The van der Waals surface area contributed by atoms with E-state index in [0.717, 1.165) is 12.8 Å². The number of carboxylic acid groups (broad SMARTS) is 1. The molecule has 0 spiro atoms. The molecule has 0 aromatic carbocycles. The lowest BCUT2D eigenvalue weighted by molar-refractivity contribution is -0.143. The van der Waals surface area contributed by atoms with Crippen LogP contribution in [0.5, 0.6) is 0 Å². The van der Waals surface area contributed by atoms with E-state index in [0.29, 0.717) is 26.0 Å². The van der Waals surface area contributed by atoms with E-state index in [-0.39, 0.29) is 0 Å². The molecule has 1 fully saturated rings. The van der Waals surface area contributed by atoms with Crippen LogP contribution in [0.15, 0.2) is 0 Å². The van der Waals surface area contributed by atoms with Crippen LogP contribution in [-0.2, 0) is 9.53 Å². The van der Waals surface area contributed by atoms with E-state index in [1.54, 1.807) is 0 Å². The summed E-state index contributed by atoms with van der Waals surface area (Å²) in [4.78, 5) is 23.7. The number of carbonyl (C=O) groups is 2. The molecule has 86 valence electrons. The van der Waals surface area contributed by atoms with Gasteiger partial charge in [-0.1, -0.05) is 19.8 Å². The third-order valence-corrected chi connectivity index (χ3v) is 2.50. The summed E-state index contributed by atoms with van der Waals surface area (Å²) >= 11 is 0. The van der Waals surface area contributed by atoms with E-state index in [1.807, 2.05) is 6.92 Å². The smallest absolute Gasteiger partial charge is 0.410 e. The molecule has 15 heavy (non-hydrogen) atoms. The Morgan fingerprint density at radius 1 is 1.67 bits per heavy atom. The first-order chi connectivity index (χ1) is 7.16. The molecular weight excluding hydrogens is 198 g/mol. The average Bonchev–Trinajstić information content (AvgIpc) is 2.20. The van der Waals surface area contributed by atoms with Gasteiger partial charge in [0.2, 0.25) is 0 Å². The molecule has 0 saturated carbocycles. The average molecular weight is 215 g/mol. The van der Waals surface area contributed by atoms with E-state index in [4.69, 9.17) is 9.84 Å². The van der Waals surface area contributed by atoms with Crippen LogP contribution in [0.3, 0.4) is 0 Å². The first-order valence-electron chi connectivity index (χ1n) is 5.33. The second-order valence-electron chi connectivity index (χ2n) is 3.66. The lowest BCUT2D eigenvalue weighted by Crippen LogP contribution is -2.48. The van der Waals surface area contributed by atoms with Crippen LogP contribution in [0.4, 0.5) is 4.79 Å². The van der Waals surface area contributed by atoms with Gasteiger partial charge in [0.25, 0.3) is 0 Å². The van der Waals surface area contributed by atoms with Gasteiger partial charge in [0, 0.05) is 6.54 Å². The summed E-state index contributed by atoms with van der Waals surface area (Å²) in [6.45, 7) is 2.88. The molecule has 1 amide bonds. The van der Waals surface area contributed by atoms with Gasteiger partial charge in [0.1, 0.15) is 6.04 Å². The zero-order chi connectivity index (χ0) is 11.3. The Morgan fingerprint density at radius 3 is 2.93 bits per heavy atom. The molecular formula is C10H17NO4. The molecule has 5 nitrogen and oxygen atoms in total. The van der Waals surface area contributed by atoms with Crippen LogP contribution in [0, 0.1) is 0 Å². The number of hydrogen-bond acceptors (Lipinski definition) is 3. The Morgan fingerprint density at radius 2 is 2.40 bits per heavy atom. The zero-order valence-corrected chi connectivity index (χ0v) is 8.94. The monoisotopic (exact) mass is 215 g/mol. The molecule has 1 aliphatic heterocycles. The highest BCUT2D eigenvalue weighted by Gasteiger charge is 2.31. The quantitative estimate of drug-likeness (QED) is 0.754. The summed E-state index contributed by atoms with van der Waals surface area (Å²) in [6.07, 6.45) is 2.44. The highest BCUT2D eigenvalue weighted by atomic mass is 16.6. The van der Waals surface area contributed by atoms with Gasteiger partial charge in [-0.05, 0) is 12.8 Å². The predicted molar refractivity (Wildman–Crippen MR) is 53.6 cm³/mol. The number of cyclic esters (lactones) is 1. The number of nitrogens with zero attached hydrogens (tertiary/aromatic N) is 1. The van der Waals surface area contributed by atoms with Crippen LogP contribution in [0.2, 0.25) is 0 Å². The molecule has 0 aromatic heterocycles. The molecule has 0 aromatic rings. The predicted octanol–water partition coefficient (Wildman–Crippen LogP) is 1.47. The molecule has 1 rings (SSSR count). The van der Waals surface area contributed by atoms with Crippen LogP contribution in [-0.4, -0.2) is 41.3 Å². The van der Waals surface area contributed by atoms with E-state index in [9.17, 15) is 9.59 Å². The van der Waals surface area contributed by atoms with E-state index >= 15 is 0 Å². The Labute approximate surface area is 89.0 Å². The van der Waals surface area contributed by atoms with Crippen molar-refractivity contribution in [1.29, 1.82) is 0 Å². The maximum absolute atomic E-state index is 11.3. The molecule has 1 heterocycles. The molecule has 1 N–H and O–H groups in total. The topological polar surface area (TPSA) is 66.8 Å². The summed E-state index contributed by atoms with van der Waals surface area (Å²) < 4.78 is 4.83. The fourth-order valence-corrected chi connectivity index (χ4v) is 1.66. The van der Waals surface area contributed by atoms with E-state index in [2.05, 4.69) is 0 Å². The van der Waals surface area contributed by atoms with E-state index in [1.165, 1.54) is 4.90 Å². The van der Waals surface area contributed by atoms with Crippen molar-refractivity contribution in [3.63, 3.8) is 0 Å². The molecule has 1 saturated heterocycles. The minimum atomic E-state index is -0.942. The van der Waals surface area contributed by atoms with Gasteiger partial charge >= 0.3 is 12.1 Å². The Balaban J connectivity index is 2.60. The molecule has 5 heteroatoms. The second-order valence-corrected chi connectivity index (χ2v) is 3.66. The number of ether oxygens (including phenoxy) is 1. The van der Waals surface area contributed by atoms with Gasteiger partial charge in [-0.2, -0.15) is 0 Å². The van der Waals surface area contributed by atoms with Gasteiger partial charge in [-0.3, -0.25) is 4.90 Å². The molecule has 1 aliphatic rings. The van der Waals surface area contributed by atoms with Gasteiger partial charge < -0.3 is 9.84 Å². The van der Waals surface area contributed by atoms with Crippen LogP contribution in [0.1, 0.15) is 32.6 Å². The fraction of sp³-hybridized carbons (Fsp3) is 0.800. The normalized spacial score (nSPS) is 18.5. The minimum Gasteiger partial charge on any atom is -0.480 e. The number of hydrogen-bond donors (Lipinski definition) is 1. The van der Waals surface area contributed by atoms with Crippen molar-refractivity contribution in [2.45, 2.75) is 38.6 Å². The van der Waals surface area contributed by atoms with Gasteiger partial charge in [0.15, 0.2) is 0 Å². The molecule has 1 unspecified atom stereocenters. The Hall–Kier alpha value is -1.26. The summed E-state index contributed by atoms with van der Waals surface area (Å²) in [6, 6.07) is -0.724. The highest BCUT2D eigenvalue weighted by Crippen LogP contribution is 2.14. The van der Waals surface area contributed by atoms with Crippen LogP contribution >= 0.6 is 0 Å². The number of unbranched alkanes of at least 4 members (excludes halogenated alkanes) is 1. The second kappa shape index (κ2) is 5.58. The Kier molecular flexibility index (Phi) is 4.39. The Bertz CT molecular complexity index is 242. The van der Waals surface area contributed by atoms with Crippen molar-refractivity contribution in [3.05, 3.63) is 0 Å². The first kappa shape index (κ1) is 11.8. The van der Waals surface area contributed by atoms with Crippen molar-refractivity contribution < 1.29 is 19.4 Å². The van der Waals surface area contributed by atoms with Crippen molar-refractivity contribution in [1.82, 2.24) is 4.90 Å². The maximum Gasteiger partial charge on any atom is 0.410 e. The highest BCUT2D eigenvalue weighted by molar-refractivity contribution is 5.80. The zero-order valence-electron chi connectivity index (χ0n) is 8.94. The summed E-state index contributed by atoms with van der Waals surface area (Å²) in [7, 11) is 0. The molecule has 0 bridgehead atoms. The number of amides is 1. The summed E-state index contributed by atoms with van der Waals surface area (Å²) in [5, 5.41) is 9.02. The fourth-order valence-electron chi connectivity index (χ4n) is 1.66. The van der Waals surface area contributed by atoms with Gasteiger partial charge in [-0.25, -0.2) is 9.59 Å². The standard InChI is InChI=1S/C10H17NO4/c1-2-3-5-8(9(12)13)11-6-4-7-15-10(11)14/h8H,2-7H2,1H3,(H,12,13). The molecule has 0 aliphatic carbocycles. The van der Waals surface area contributed by atoms with Gasteiger partial charge in [0.05, 0.1) is 6.61 Å². The summed E-state index contributed by atoms with van der Waals surface area (Å²) in [5.41, 5.74) is 0. The third-order valence-electron chi connectivity index (χ3n) is 2.50. The minimum absolute atomic E-state index is 0.398. The van der Waals surface area contributed by atoms with E-state index < -0.39 is 18.1 Å². The SMILES string of the molecule is CCCCC(C(=O)O)N1CCCOC1=O. The maximum atomic E-state index is 11.3. The van der Waals surface area contributed by atoms with Gasteiger partial charge in [-0.15, -0.1) is 0 Å². The largest absolute Gasteiger partial charge is 0.480 e. The summed E-state index contributed by atoms with van der Waals surface area (Å²) in [5.74, 6) is -0.942. The number of aliphatic carboxylic acids is 1. The first-order valence-corrected chi connectivity index (χ1v) is 5.33. The van der Waals surface area contributed by atoms with Crippen molar-refractivity contribution in [2.75, 3.05) is 13.2 Å². The van der Waals surface area contributed by atoms with Crippen molar-refractivity contribution >= 4 is 12.1 Å². The van der Waals surface area contributed by atoms with Crippen LogP contribution in [0.25, 0.3) is 0 Å². The lowest BCUT2D eigenvalue weighted by Gasteiger charge is -2.31. The number of carboxylic acids is 1. The molecule has 0 radical (unpaired) electrons. The number of rotatable bonds is 5. The number of carbonyl (C=O) groups excluding carboxylic acids is 1. The third kappa shape index (κ3) is 3.11. The lowest BCUT2D eigenvalue weighted by atomic mass is 10.1. The molecule has 1 atom stereocenters. The van der Waals surface area contributed by atoms with Crippen molar-refractivity contribution in [2.24, 2.45) is 0 Å². The van der Waals surface area contributed by atoms with Crippen molar-refractivity contribution in [3.8, 4) is 0 Å². The van der Waals surface area contributed by atoms with Crippen LogP contribution < -0.4 is 0 Å².